The van der Waals surface area contributed by atoms with Crippen LogP contribution in [-0.2, 0) is 9.59 Å². The highest BCUT2D eigenvalue weighted by Crippen LogP contribution is 2.12. The first-order valence-electron chi connectivity index (χ1n) is 8.63. The van der Waals surface area contributed by atoms with Gasteiger partial charge in [-0.05, 0) is 42.8 Å². The number of nitrogens with zero attached hydrogens (tertiary/aromatic N) is 1. The predicted molar refractivity (Wildman–Crippen MR) is 106 cm³/mol. The number of nitrogens with one attached hydrogen (secondary N) is 2. The van der Waals surface area contributed by atoms with Crippen LogP contribution >= 0.6 is 0 Å². The number of para-hydroxylation sites is 1. The van der Waals surface area contributed by atoms with Gasteiger partial charge >= 0.3 is 0 Å². The van der Waals surface area contributed by atoms with Gasteiger partial charge < -0.3 is 15.5 Å². The Labute approximate surface area is 163 Å². The van der Waals surface area contributed by atoms with Crippen LogP contribution in [0.3, 0.4) is 0 Å². The molecule has 1 unspecified atom stereocenters. The van der Waals surface area contributed by atoms with Gasteiger partial charge in [-0.1, -0.05) is 24.3 Å². The molecule has 146 valence electrons. The first kappa shape index (κ1) is 20.8. The second-order valence-electron chi connectivity index (χ2n) is 6.35. The molecule has 2 aromatic rings. The third-order valence-corrected chi connectivity index (χ3v) is 3.87. The fourth-order valence-electron chi connectivity index (χ4n) is 2.30. The number of halogens is 1. The van der Waals surface area contributed by atoms with Crippen molar-refractivity contribution in [3.63, 3.8) is 0 Å². The Morgan fingerprint density at radius 2 is 1.68 bits per heavy atom. The molecule has 6 nitrogen and oxygen atoms in total. The Hall–Kier alpha value is -3.48. The molecule has 2 aromatic carbocycles. The van der Waals surface area contributed by atoms with Crippen LogP contribution in [0.25, 0.3) is 6.08 Å². The topological polar surface area (TPSA) is 78.5 Å². The van der Waals surface area contributed by atoms with Crippen molar-refractivity contribution in [2.45, 2.75) is 13.0 Å². The quantitative estimate of drug-likeness (QED) is 0.753. The largest absolute Gasteiger partial charge is 0.345 e. The van der Waals surface area contributed by atoms with Crippen LogP contribution in [0.4, 0.5) is 10.1 Å². The minimum atomic E-state index is -0.850. The standard InChI is InChI=1S/C21H22FN3O3/c1-14(20(27)24-18-7-5-4-6-17(18)22)23-19(26)13-10-15-8-11-16(12-9-15)21(28)25(2)3/h4-14H,1-3H3,(H,23,26)(H,24,27)/b13-10+. The molecule has 1 atom stereocenters. The van der Waals surface area contributed by atoms with Crippen LogP contribution in [0.2, 0.25) is 0 Å². The number of amides is 3. The summed E-state index contributed by atoms with van der Waals surface area (Å²) in [5, 5.41) is 4.94. The molecule has 0 aliphatic rings. The van der Waals surface area contributed by atoms with E-state index in [1.165, 1.54) is 36.1 Å². The maximum atomic E-state index is 13.6. The van der Waals surface area contributed by atoms with E-state index in [-0.39, 0.29) is 11.6 Å². The number of carbonyl (C=O) groups is 3. The molecule has 0 aliphatic carbocycles. The molecule has 0 heterocycles. The predicted octanol–water partition coefficient (Wildman–Crippen LogP) is 2.68. The van der Waals surface area contributed by atoms with Crippen LogP contribution in [0.5, 0.6) is 0 Å². The van der Waals surface area contributed by atoms with Crippen LogP contribution < -0.4 is 10.6 Å². The maximum Gasteiger partial charge on any atom is 0.253 e. The Morgan fingerprint density at radius 3 is 2.29 bits per heavy atom. The van der Waals surface area contributed by atoms with Crippen molar-refractivity contribution in [2.24, 2.45) is 0 Å². The fraction of sp³-hybridized carbons (Fsp3) is 0.190. The molecule has 0 bridgehead atoms. The summed E-state index contributed by atoms with van der Waals surface area (Å²) in [7, 11) is 3.34. The van der Waals surface area contributed by atoms with Gasteiger partial charge in [0.1, 0.15) is 11.9 Å². The number of hydrogen-bond donors (Lipinski definition) is 2. The first-order chi connectivity index (χ1) is 13.3. The summed E-state index contributed by atoms with van der Waals surface area (Å²) in [5.74, 6) is -1.66. The number of anilines is 1. The zero-order valence-electron chi connectivity index (χ0n) is 15.9. The number of hydrogen-bond acceptors (Lipinski definition) is 3. The highest BCUT2D eigenvalue weighted by molar-refractivity contribution is 6.00. The van der Waals surface area contributed by atoms with Crippen molar-refractivity contribution in [1.29, 1.82) is 0 Å². The van der Waals surface area contributed by atoms with Gasteiger partial charge in [0.05, 0.1) is 5.69 Å². The van der Waals surface area contributed by atoms with E-state index in [0.717, 1.165) is 5.56 Å². The van der Waals surface area contributed by atoms with Gasteiger partial charge in [0.25, 0.3) is 5.91 Å². The summed E-state index contributed by atoms with van der Waals surface area (Å²) in [4.78, 5) is 37.4. The van der Waals surface area contributed by atoms with E-state index in [1.807, 2.05) is 0 Å². The summed E-state index contributed by atoms with van der Waals surface area (Å²) in [6, 6.07) is 11.7. The fourth-order valence-corrected chi connectivity index (χ4v) is 2.30. The third-order valence-electron chi connectivity index (χ3n) is 3.87. The normalized spacial score (nSPS) is 11.7. The SMILES string of the molecule is CC(NC(=O)/C=C/c1ccc(C(=O)N(C)C)cc1)C(=O)Nc1ccccc1F. The molecule has 0 saturated heterocycles. The van der Waals surface area contributed by atoms with Gasteiger partial charge in [-0.3, -0.25) is 14.4 Å². The summed E-state index contributed by atoms with van der Waals surface area (Å²) in [5.41, 5.74) is 1.33. The Morgan fingerprint density at radius 1 is 1.04 bits per heavy atom. The van der Waals surface area contributed by atoms with Crippen LogP contribution in [0.1, 0.15) is 22.8 Å². The molecule has 0 radical (unpaired) electrons. The second kappa shape index (κ2) is 9.45. The highest BCUT2D eigenvalue weighted by Gasteiger charge is 2.15. The average molecular weight is 383 g/mol. The molecule has 0 saturated carbocycles. The number of benzene rings is 2. The molecule has 3 amide bonds. The molecule has 7 heteroatoms. The third kappa shape index (κ3) is 5.77. The van der Waals surface area contributed by atoms with E-state index >= 15 is 0 Å². The lowest BCUT2D eigenvalue weighted by molar-refractivity contribution is -0.123. The molecule has 28 heavy (non-hydrogen) atoms. The van der Waals surface area contributed by atoms with Crippen molar-refractivity contribution < 1.29 is 18.8 Å². The lowest BCUT2D eigenvalue weighted by Crippen LogP contribution is -2.41. The van der Waals surface area contributed by atoms with E-state index in [2.05, 4.69) is 10.6 Å². The first-order valence-corrected chi connectivity index (χ1v) is 8.63. The summed E-state index contributed by atoms with van der Waals surface area (Å²) in [6.45, 7) is 1.50. The van der Waals surface area contributed by atoms with E-state index < -0.39 is 23.7 Å². The van der Waals surface area contributed by atoms with E-state index in [4.69, 9.17) is 0 Å². The summed E-state index contributed by atoms with van der Waals surface area (Å²) >= 11 is 0. The van der Waals surface area contributed by atoms with Gasteiger partial charge in [-0.15, -0.1) is 0 Å². The maximum absolute atomic E-state index is 13.6. The molecular weight excluding hydrogens is 361 g/mol. The van der Waals surface area contributed by atoms with Gasteiger partial charge in [-0.2, -0.15) is 0 Å². The van der Waals surface area contributed by atoms with Crippen molar-refractivity contribution in [3.05, 3.63) is 71.6 Å². The lowest BCUT2D eigenvalue weighted by Gasteiger charge is -2.13. The van der Waals surface area contributed by atoms with Gasteiger partial charge in [0.2, 0.25) is 11.8 Å². The Kier molecular flexibility index (Phi) is 7.03. The van der Waals surface area contributed by atoms with Crippen molar-refractivity contribution in [1.82, 2.24) is 10.2 Å². The number of carbonyl (C=O) groups excluding carboxylic acids is 3. The van der Waals surface area contributed by atoms with E-state index in [9.17, 15) is 18.8 Å². The van der Waals surface area contributed by atoms with Crippen LogP contribution in [-0.4, -0.2) is 42.8 Å². The van der Waals surface area contributed by atoms with Gasteiger partial charge in [0, 0.05) is 25.7 Å². The average Bonchev–Trinajstić information content (AvgIpc) is 2.67. The van der Waals surface area contributed by atoms with E-state index in [0.29, 0.717) is 5.56 Å². The molecule has 0 fully saturated rings. The van der Waals surface area contributed by atoms with E-state index in [1.54, 1.807) is 50.5 Å². The van der Waals surface area contributed by atoms with Crippen LogP contribution in [0, 0.1) is 5.82 Å². The summed E-state index contributed by atoms with van der Waals surface area (Å²) in [6.07, 6.45) is 2.86. The second-order valence-corrected chi connectivity index (χ2v) is 6.35. The highest BCUT2D eigenvalue weighted by atomic mass is 19.1. The van der Waals surface area contributed by atoms with Crippen LogP contribution in [0.15, 0.2) is 54.6 Å². The zero-order valence-corrected chi connectivity index (χ0v) is 15.9. The molecular formula is C21H22FN3O3. The lowest BCUT2D eigenvalue weighted by atomic mass is 10.1. The Balaban J connectivity index is 1.91. The molecule has 2 rings (SSSR count). The van der Waals surface area contributed by atoms with Crippen molar-refractivity contribution in [2.75, 3.05) is 19.4 Å². The molecule has 0 aliphatic heterocycles. The minimum absolute atomic E-state index is 0.0523. The van der Waals surface area contributed by atoms with Crippen molar-refractivity contribution >= 4 is 29.5 Å². The van der Waals surface area contributed by atoms with Gasteiger partial charge in [0.15, 0.2) is 0 Å². The molecule has 2 N–H and O–H groups in total. The molecule has 0 spiro atoms. The smallest absolute Gasteiger partial charge is 0.253 e. The zero-order chi connectivity index (χ0) is 20.7. The van der Waals surface area contributed by atoms with Crippen molar-refractivity contribution in [3.8, 4) is 0 Å². The van der Waals surface area contributed by atoms with Gasteiger partial charge in [-0.25, -0.2) is 4.39 Å². The monoisotopic (exact) mass is 383 g/mol. The molecule has 0 aromatic heterocycles. The number of rotatable bonds is 6. The Bertz CT molecular complexity index is 892. The minimum Gasteiger partial charge on any atom is -0.345 e. The summed E-state index contributed by atoms with van der Waals surface area (Å²) < 4.78 is 13.6.